The number of hydrogen-bond donors (Lipinski definition) is 0. The van der Waals surface area contributed by atoms with Crippen LogP contribution >= 0.6 is 0 Å². The van der Waals surface area contributed by atoms with E-state index in [0.29, 0.717) is 11.1 Å². The predicted octanol–water partition coefficient (Wildman–Crippen LogP) is 9.13. The van der Waals surface area contributed by atoms with Gasteiger partial charge in [-0.1, -0.05) is 57.7 Å². The number of halogens is 2. The van der Waals surface area contributed by atoms with E-state index in [1.165, 1.54) is 64.2 Å². The average molecular weight is 405 g/mol. The topological polar surface area (TPSA) is 0 Å². The van der Waals surface area contributed by atoms with Crippen LogP contribution in [0.15, 0.2) is 24.8 Å². The van der Waals surface area contributed by atoms with Gasteiger partial charge in [0.05, 0.1) is 0 Å². The van der Waals surface area contributed by atoms with E-state index in [1.54, 1.807) is 19.1 Å². The Balaban J connectivity index is 0.000000253. The highest BCUT2D eigenvalue weighted by Crippen LogP contribution is 2.39. The maximum Gasteiger partial charge on any atom is 0.162 e. The summed E-state index contributed by atoms with van der Waals surface area (Å²) in [5.74, 6) is 1.60. The van der Waals surface area contributed by atoms with Crippen LogP contribution in [-0.2, 0) is 0 Å². The van der Waals surface area contributed by atoms with Gasteiger partial charge in [0, 0.05) is 0 Å². The summed E-state index contributed by atoms with van der Waals surface area (Å²) in [7, 11) is 0. The number of benzene rings is 1. The quantitative estimate of drug-likeness (QED) is 0.415. The Bertz CT molecular complexity index is 605. The first-order valence-electron chi connectivity index (χ1n) is 12.1. The summed E-state index contributed by atoms with van der Waals surface area (Å²) in [4.78, 5) is 0. The normalized spacial score (nSPS) is 27.1. The fourth-order valence-corrected chi connectivity index (χ4v) is 5.06. The Kier molecular flexibility index (Phi) is 10.4. The van der Waals surface area contributed by atoms with Crippen molar-refractivity contribution in [2.24, 2.45) is 17.8 Å². The van der Waals surface area contributed by atoms with Gasteiger partial charge in [0.1, 0.15) is 0 Å². The third-order valence-corrected chi connectivity index (χ3v) is 7.36. The molecule has 3 rings (SSSR count). The highest BCUT2D eigenvalue weighted by atomic mass is 19.2. The molecule has 0 saturated heterocycles. The van der Waals surface area contributed by atoms with Crippen molar-refractivity contribution >= 4 is 0 Å². The number of hydrogen-bond acceptors (Lipinski definition) is 0. The van der Waals surface area contributed by atoms with E-state index in [1.807, 2.05) is 0 Å². The minimum Gasteiger partial charge on any atom is -0.203 e. The molecule has 2 aliphatic carbocycles. The molecular formula is C27H42F2. The zero-order chi connectivity index (χ0) is 21.2. The van der Waals surface area contributed by atoms with Crippen molar-refractivity contribution in [2.45, 2.75) is 104 Å². The van der Waals surface area contributed by atoms with Crippen LogP contribution in [-0.4, -0.2) is 0 Å². The van der Waals surface area contributed by atoms with Crippen LogP contribution in [0, 0.1) is 36.3 Å². The lowest BCUT2D eigenvalue weighted by Crippen LogP contribution is -2.15. The van der Waals surface area contributed by atoms with Gasteiger partial charge in [-0.3, -0.25) is 0 Å². The number of aryl methyl sites for hydroxylation is 1. The second-order valence-corrected chi connectivity index (χ2v) is 9.38. The Morgan fingerprint density at radius 3 is 2.07 bits per heavy atom. The molecule has 1 aromatic rings. The summed E-state index contributed by atoms with van der Waals surface area (Å²) in [6.45, 7) is 9.97. The summed E-state index contributed by atoms with van der Waals surface area (Å²) >= 11 is 0. The van der Waals surface area contributed by atoms with Crippen LogP contribution in [0.3, 0.4) is 0 Å². The van der Waals surface area contributed by atoms with Crippen LogP contribution in [0.2, 0.25) is 0 Å². The molecule has 2 saturated carbocycles. The number of unbranched alkanes of at least 4 members (excludes halogenated alkanes) is 1. The minimum atomic E-state index is -0.661. The Morgan fingerprint density at radius 2 is 1.52 bits per heavy atom. The standard InChI is InChI=1S/C17H24F2.C10H18/c1-3-4-5-13-7-9-14(10-8-13)15-11-6-12(2)16(18)17(15)19;1-3-9-5-7-10(4-2)8-6-9/h6,11,13-14H,3-5,7-10H2,1-2H3;3,9-10H,1,4-8H2,2H3. The lowest BCUT2D eigenvalue weighted by atomic mass is 9.77. The maximum absolute atomic E-state index is 14.0. The molecule has 0 aliphatic heterocycles. The molecule has 0 atom stereocenters. The predicted molar refractivity (Wildman–Crippen MR) is 121 cm³/mol. The van der Waals surface area contributed by atoms with Gasteiger partial charge < -0.3 is 0 Å². The first kappa shape index (κ1) is 24.1. The molecule has 164 valence electrons. The molecule has 0 spiro atoms. The molecule has 0 radical (unpaired) electrons. The maximum atomic E-state index is 14.0. The van der Waals surface area contributed by atoms with Crippen LogP contribution in [0.1, 0.15) is 108 Å². The van der Waals surface area contributed by atoms with Crippen molar-refractivity contribution in [1.29, 1.82) is 0 Å². The monoisotopic (exact) mass is 404 g/mol. The number of allylic oxidation sites excluding steroid dienone is 1. The van der Waals surface area contributed by atoms with E-state index < -0.39 is 11.6 Å². The lowest BCUT2D eigenvalue weighted by molar-refractivity contribution is 0.299. The molecule has 0 unspecified atom stereocenters. The first-order valence-corrected chi connectivity index (χ1v) is 12.1. The van der Waals surface area contributed by atoms with Crippen LogP contribution < -0.4 is 0 Å². The summed E-state index contributed by atoms with van der Waals surface area (Å²) in [6, 6.07) is 3.49. The summed E-state index contributed by atoms with van der Waals surface area (Å²) in [5.41, 5.74) is 0.995. The van der Waals surface area contributed by atoms with Crippen molar-refractivity contribution in [3.63, 3.8) is 0 Å². The molecule has 29 heavy (non-hydrogen) atoms. The van der Waals surface area contributed by atoms with Gasteiger partial charge in [-0.05, 0) is 93.1 Å². The van der Waals surface area contributed by atoms with Gasteiger partial charge in [0.2, 0.25) is 0 Å². The molecule has 2 aliphatic rings. The molecule has 0 aromatic heterocycles. The van der Waals surface area contributed by atoms with Crippen molar-refractivity contribution in [2.75, 3.05) is 0 Å². The van der Waals surface area contributed by atoms with Crippen LogP contribution in [0.4, 0.5) is 8.78 Å². The molecule has 0 nitrogen and oxygen atoms in total. The van der Waals surface area contributed by atoms with Gasteiger partial charge in [-0.25, -0.2) is 8.78 Å². The van der Waals surface area contributed by atoms with Crippen LogP contribution in [0.5, 0.6) is 0 Å². The molecule has 2 heteroatoms. The van der Waals surface area contributed by atoms with Crippen molar-refractivity contribution in [1.82, 2.24) is 0 Å². The highest BCUT2D eigenvalue weighted by molar-refractivity contribution is 5.28. The van der Waals surface area contributed by atoms with Gasteiger partial charge in [0.15, 0.2) is 11.6 Å². The fourth-order valence-electron chi connectivity index (χ4n) is 5.06. The minimum absolute atomic E-state index is 0.216. The molecule has 0 bridgehead atoms. The van der Waals surface area contributed by atoms with Crippen molar-refractivity contribution in [3.05, 3.63) is 47.5 Å². The molecular weight excluding hydrogens is 362 g/mol. The van der Waals surface area contributed by atoms with E-state index in [9.17, 15) is 8.78 Å². The Hall–Kier alpha value is -1.18. The zero-order valence-electron chi connectivity index (χ0n) is 19.0. The molecule has 0 N–H and O–H groups in total. The molecule has 0 heterocycles. The van der Waals surface area contributed by atoms with E-state index in [-0.39, 0.29) is 5.92 Å². The largest absolute Gasteiger partial charge is 0.203 e. The summed E-state index contributed by atoms with van der Waals surface area (Å²) in [5, 5.41) is 0. The summed E-state index contributed by atoms with van der Waals surface area (Å²) < 4.78 is 27.6. The SMILES string of the molecule is C=CC1CCC(CC)CC1.CCCCC1CCC(c2ccc(C)c(F)c2F)CC1. The second-order valence-electron chi connectivity index (χ2n) is 9.38. The molecule has 1 aromatic carbocycles. The molecule has 0 amide bonds. The lowest BCUT2D eigenvalue weighted by Gasteiger charge is -2.29. The van der Waals surface area contributed by atoms with E-state index in [4.69, 9.17) is 0 Å². The van der Waals surface area contributed by atoms with Crippen LogP contribution in [0.25, 0.3) is 0 Å². The third-order valence-electron chi connectivity index (χ3n) is 7.36. The van der Waals surface area contributed by atoms with E-state index >= 15 is 0 Å². The average Bonchev–Trinajstić information content (AvgIpc) is 2.77. The van der Waals surface area contributed by atoms with E-state index in [0.717, 1.165) is 30.6 Å². The second kappa shape index (κ2) is 12.5. The van der Waals surface area contributed by atoms with Gasteiger partial charge in [-0.2, -0.15) is 0 Å². The highest BCUT2D eigenvalue weighted by Gasteiger charge is 2.25. The van der Waals surface area contributed by atoms with E-state index in [2.05, 4.69) is 26.5 Å². The third kappa shape index (κ3) is 7.23. The van der Waals surface area contributed by atoms with Gasteiger partial charge in [-0.15, -0.1) is 6.58 Å². The molecule has 2 fully saturated rings. The van der Waals surface area contributed by atoms with Crippen molar-refractivity contribution < 1.29 is 8.78 Å². The fraction of sp³-hybridized carbons (Fsp3) is 0.704. The van der Waals surface area contributed by atoms with Gasteiger partial charge >= 0.3 is 0 Å². The smallest absolute Gasteiger partial charge is 0.162 e. The summed E-state index contributed by atoms with van der Waals surface area (Å²) in [6.07, 6.45) is 17.4. The van der Waals surface area contributed by atoms with Crippen molar-refractivity contribution in [3.8, 4) is 0 Å². The Labute approximate surface area is 178 Å². The number of rotatable bonds is 6. The van der Waals surface area contributed by atoms with Gasteiger partial charge in [0.25, 0.3) is 0 Å². The Morgan fingerprint density at radius 1 is 0.897 bits per heavy atom. The zero-order valence-corrected chi connectivity index (χ0v) is 19.0. The first-order chi connectivity index (χ1) is 14.0.